The second kappa shape index (κ2) is 8.19. The summed E-state index contributed by atoms with van der Waals surface area (Å²) in [7, 11) is 4.04. The van der Waals surface area contributed by atoms with Gasteiger partial charge in [0.25, 0.3) is 0 Å². The van der Waals surface area contributed by atoms with E-state index in [2.05, 4.69) is 20.5 Å². The summed E-state index contributed by atoms with van der Waals surface area (Å²) in [6.07, 6.45) is 3.56. The highest BCUT2D eigenvalue weighted by Gasteiger charge is 2.21. The number of pyridine rings is 1. The van der Waals surface area contributed by atoms with E-state index in [0.29, 0.717) is 5.82 Å². The second-order valence-corrected chi connectivity index (χ2v) is 5.30. The molecule has 0 spiro atoms. The van der Waals surface area contributed by atoms with E-state index < -0.39 is 0 Å². The number of nitrogens with zero attached hydrogens (tertiary/aromatic N) is 2. The van der Waals surface area contributed by atoms with Gasteiger partial charge in [0.2, 0.25) is 5.91 Å². The van der Waals surface area contributed by atoms with Crippen LogP contribution < -0.4 is 10.6 Å². The number of hydrogen-bond donors (Lipinski definition) is 2. The van der Waals surface area contributed by atoms with Crippen molar-refractivity contribution in [2.75, 3.05) is 32.5 Å². The first kappa shape index (κ1) is 16.9. The van der Waals surface area contributed by atoms with Crippen LogP contribution in [0.25, 0.3) is 0 Å². The Morgan fingerprint density at radius 1 is 1.45 bits per heavy atom. The topological polar surface area (TPSA) is 57.3 Å². The Balaban J connectivity index is 0.00000200. The molecule has 1 aromatic rings. The number of amides is 1. The maximum absolute atomic E-state index is 12.1. The first-order valence-corrected chi connectivity index (χ1v) is 6.76. The Morgan fingerprint density at radius 3 is 2.80 bits per heavy atom. The van der Waals surface area contributed by atoms with Crippen molar-refractivity contribution in [2.24, 2.45) is 5.92 Å². The molecule has 1 fully saturated rings. The lowest BCUT2D eigenvalue weighted by molar-refractivity contribution is -0.120. The lowest BCUT2D eigenvalue weighted by atomic mass is 9.97. The van der Waals surface area contributed by atoms with Crippen LogP contribution in [0, 0.1) is 5.92 Å². The molecular weight excluding hydrogens is 276 g/mol. The number of halogens is 1. The van der Waals surface area contributed by atoms with Crippen LogP contribution in [0.1, 0.15) is 18.4 Å². The molecule has 5 nitrogen and oxygen atoms in total. The van der Waals surface area contributed by atoms with Gasteiger partial charge < -0.3 is 15.5 Å². The average Bonchev–Trinajstić information content (AvgIpc) is 2.39. The van der Waals surface area contributed by atoms with Crippen molar-refractivity contribution in [3.63, 3.8) is 0 Å². The Kier molecular flexibility index (Phi) is 6.91. The molecule has 112 valence electrons. The second-order valence-electron chi connectivity index (χ2n) is 5.30. The van der Waals surface area contributed by atoms with Crippen LogP contribution in [0.15, 0.2) is 18.3 Å². The molecule has 6 heteroatoms. The van der Waals surface area contributed by atoms with Crippen LogP contribution in [0.2, 0.25) is 0 Å². The minimum atomic E-state index is 0. The summed E-state index contributed by atoms with van der Waals surface area (Å²) < 4.78 is 0. The molecule has 0 bridgehead atoms. The Morgan fingerprint density at radius 2 is 2.15 bits per heavy atom. The maximum Gasteiger partial charge on any atom is 0.228 e. The minimum Gasteiger partial charge on any atom is -0.317 e. The van der Waals surface area contributed by atoms with Crippen molar-refractivity contribution in [2.45, 2.75) is 19.4 Å². The molecule has 1 aliphatic rings. The SMILES string of the molecule is CN(C)Cc1ccnc(NC(=O)C2CCNCC2)c1.Cl. The largest absolute Gasteiger partial charge is 0.317 e. The first-order valence-electron chi connectivity index (χ1n) is 6.76. The van der Waals surface area contributed by atoms with Gasteiger partial charge in [-0.25, -0.2) is 4.98 Å². The monoisotopic (exact) mass is 298 g/mol. The third-order valence-electron chi connectivity index (χ3n) is 3.28. The van der Waals surface area contributed by atoms with Gasteiger partial charge in [-0.05, 0) is 57.7 Å². The third kappa shape index (κ3) is 5.07. The van der Waals surface area contributed by atoms with E-state index in [1.54, 1.807) is 6.20 Å². The summed E-state index contributed by atoms with van der Waals surface area (Å²) in [5.41, 5.74) is 1.15. The third-order valence-corrected chi connectivity index (χ3v) is 3.28. The molecule has 0 atom stereocenters. The minimum absolute atomic E-state index is 0. The maximum atomic E-state index is 12.1. The molecule has 0 aliphatic carbocycles. The molecular formula is C14H23ClN4O. The molecule has 1 saturated heterocycles. The van der Waals surface area contributed by atoms with Crippen LogP contribution in [-0.4, -0.2) is 43.0 Å². The van der Waals surface area contributed by atoms with Gasteiger partial charge in [-0.15, -0.1) is 12.4 Å². The van der Waals surface area contributed by atoms with Gasteiger partial charge in [0.1, 0.15) is 5.82 Å². The fourth-order valence-electron chi connectivity index (χ4n) is 2.32. The standard InChI is InChI=1S/C14H22N4O.ClH/c1-18(2)10-11-3-8-16-13(9-11)17-14(19)12-4-6-15-7-5-12;/h3,8-9,12,15H,4-7,10H2,1-2H3,(H,16,17,19);1H. The van der Waals surface area contributed by atoms with E-state index in [9.17, 15) is 4.79 Å². The number of anilines is 1. The first-order chi connectivity index (χ1) is 9.15. The van der Waals surface area contributed by atoms with Crippen molar-refractivity contribution in [3.05, 3.63) is 23.9 Å². The lowest BCUT2D eigenvalue weighted by Gasteiger charge is -2.21. The van der Waals surface area contributed by atoms with E-state index in [1.807, 2.05) is 26.2 Å². The number of carbonyl (C=O) groups is 1. The van der Waals surface area contributed by atoms with Gasteiger partial charge >= 0.3 is 0 Å². The highest BCUT2D eigenvalue weighted by atomic mass is 35.5. The van der Waals surface area contributed by atoms with Gasteiger partial charge in [0.15, 0.2) is 0 Å². The number of nitrogens with one attached hydrogen (secondary N) is 2. The van der Waals surface area contributed by atoms with Gasteiger partial charge in [-0.3, -0.25) is 4.79 Å². The number of hydrogen-bond acceptors (Lipinski definition) is 4. The van der Waals surface area contributed by atoms with Crippen LogP contribution in [0.3, 0.4) is 0 Å². The Bertz CT molecular complexity index is 433. The fraction of sp³-hybridized carbons (Fsp3) is 0.571. The van der Waals surface area contributed by atoms with E-state index in [0.717, 1.165) is 38.0 Å². The van der Waals surface area contributed by atoms with Crippen LogP contribution in [-0.2, 0) is 11.3 Å². The molecule has 2 N–H and O–H groups in total. The quantitative estimate of drug-likeness (QED) is 0.884. The molecule has 1 aliphatic heterocycles. The smallest absolute Gasteiger partial charge is 0.228 e. The average molecular weight is 299 g/mol. The van der Waals surface area contributed by atoms with E-state index >= 15 is 0 Å². The molecule has 2 rings (SSSR count). The summed E-state index contributed by atoms with van der Waals surface area (Å²) in [5, 5.41) is 6.19. The van der Waals surface area contributed by atoms with Crippen LogP contribution >= 0.6 is 12.4 Å². The number of carbonyl (C=O) groups excluding carboxylic acids is 1. The molecule has 20 heavy (non-hydrogen) atoms. The molecule has 1 aromatic heterocycles. The van der Waals surface area contributed by atoms with Gasteiger partial charge in [-0.2, -0.15) is 0 Å². The van der Waals surface area contributed by atoms with Crippen molar-refractivity contribution >= 4 is 24.1 Å². The van der Waals surface area contributed by atoms with Gasteiger partial charge in [0, 0.05) is 18.7 Å². The summed E-state index contributed by atoms with van der Waals surface area (Å²) in [6, 6.07) is 3.92. The van der Waals surface area contributed by atoms with Crippen molar-refractivity contribution in [1.29, 1.82) is 0 Å². The zero-order valence-electron chi connectivity index (χ0n) is 12.1. The molecule has 0 aromatic carbocycles. The normalized spacial score (nSPS) is 15.8. The summed E-state index contributed by atoms with van der Waals surface area (Å²) in [5.74, 6) is 0.861. The van der Waals surface area contributed by atoms with Crippen molar-refractivity contribution in [1.82, 2.24) is 15.2 Å². The predicted octanol–water partition coefficient (Wildman–Crippen LogP) is 1.50. The van der Waals surface area contributed by atoms with E-state index in [-0.39, 0.29) is 24.2 Å². The Hall–Kier alpha value is -1.17. The molecule has 0 radical (unpaired) electrons. The zero-order valence-corrected chi connectivity index (χ0v) is 12.9. The highest BCUT2D eigenvalue weighted by Crippen LogP contribution is 2.15. The van der Waals surface area contributed by atoms with E-state index in [1.165, 1.54) is 0 Å². The van der Waals surface area contributed by atoms with Gasteiger partial charge in [0.05, 0.1) is 0 Å². The predicted molar refractivity (Wildman–Crippen MR) is 83.1 cm³/mol. The number of rotatable bonds is 4. The van der Waals surface area contributed by atoms with Gasteiger partial charge in [-0.1, -0.05) is 0 Å². The zero-order chi connectivity index (χ0) is 13.7. The fourth-order valence-corrected chi connectivity index (χ4v) is 2.32. The summed E-state index contributed by atoms with van der Waals surface area (Å²) >= 11 is 0. The van der Waals surface area contributed by atoms with Crippen LogP contribution in [0.4, 0.5) is 5.82 Å². The summed E-state index contributed by atoms with van der Waals surface area (Å²) in [4.78, 5) is 18.4. The van der Waals surface area contributed by atoms with Crippen molar-refractivity contribution < 1.29 is 4.79 Å². The van der Waals surface area contributed by atoms with E-state index in [4.69, 9.17) is 0 Å². The molecule has 0 unspecified atom stereocenters. The number of piperidine rings is 1. The number of aromatic nitrogens is 1. The van der Waals surface area contributed by atoms with Crippen molar-refractivity contribution in [3.8, 4) is 0 Å². The molecule has 1 amide bonds. The summed E-state index contributed by atoms with van der Waals surface area (Å²) in [6.45, 7) is 2.69. The van der Waals surface area contributed by atoms with Crippen LogP contribution in [0.5, 0.6) is 0 Å². The Labute approximate surface area is 126 Å². The molecule has 0 saturated carbocycles. The lowest BCUT2D eigenvalue weighted by Crippen LogP contribution is -2.34. The molecule has 2 heterocycles. The highest BCUT2D eigenvalue weighted by molar-refractivity contribution is 5.91.